The van der Waals surface area contributed by atoms with Crippen LogP contribution in [0, 0.1) is 12.7 Å². The Hall–Kier alpha value is -2.89. The van der Waals surface area contributed by atoms with Crippen LogP contribution >= 0.6 is 11.3 Å². The Labute approximate surface area is 175 Å². The molecule has 4 rings (SSSR count). The lowest BCUT2D eigenvalue weighted by Gasteiger charge is -2.10. The zero-order valence-electron chi connectivity index (χ0n) is 16.6. The Morgan fingerprint density at radius 2 is 2.10 bits per heavy atom. The van der Waals surface area contributed by atoms with Gasteiger partial charge in [-0.05, 0) is 38.0 Å². The third-order valence-corrected chi connectivity index (χ3v) is 6.01. The SMILES string of the molecule is Cc1nc(-n2cnn(Cc3ccc(F)cc3)c2=O)sc1C(=O)NCC1CC(C)NN1. The molecule has 30 heavy (non-hydrogen) atoms. The fourth-order valence-corrected chi connectivity index (χ4v) is 4.22. The van der Waals surface area contributed by atoms with Crippen LogP contribution in [0.15, 0.2) is 35.4 Å². The van der Waals surface area contributed by atoms with Crippen molar-refractivity contribution < 1.29 is 9.18 Å². The molecule has 3 N–H and O–H groups in total. The number of amides is 1. The predicted molar refractivity (Wildman–Crippen MR) is 110 cm³/mol. The second-order valence-electron chi connectivity index (χ2n) is 7.31. The number of nitrogens with zero attached hydrogens (tertiary/aromatic N) is 4. The van der Waals surface area contributed by atoms with Crippen LogP contribution in [0.4, 0.5) is 4.39 Å². The smallest absolute Gasteiger partial charge is 0.350 e. The van der Waals surface area contributed by atoms with Gasteiger partial charge >= 0.3 is 5.69 Å². The van der Waals surface area contributed by atoms with E-state index in [2.05, 4.69) is 33.2 Å². The molecule has 0 bridgehead atoms. The lowest BCUT2D eigenvalue weighted by atomic mass is 10.1. The Balaban J connectivity index is 1.47. The van der Waals surface area contributed by atoms with Gasteiger partial charge in [-0.15, -0.1) is 0 Å². The molecule has 2 atom stereocenters. The first-order valence-electron chi connectivity index (χ1n) is 9.56. The molecule has 1 aromatic carbocycles. The van der Waals surface area contributed by atoms with Crippen molar-refractivity contribution in [3.8, 4) is 5.13 Å². The molecule has 1 amide bonds. The Bertz CT molecular complexity index is 1110. The molecule has 1 saturated heterocycles. The van der Waals surface area contributed by atoms with E-state index >= 15 is 0 Å². The summed E-state index contributed by atoms with van der Waals surface area (Å²) in [6, 6.07) is 6.42. The highest BCUT2D eigenvalue weighted by Crippen LogP contribution is 2.20. The van der Waals surface area contributed by atoms with Crippen LogP contribution in [-0.2, 0) is 6.54 Å². The minimum atomic E-state index is -0.379. The molecular weight excluding hydrogens is 409 g/mol. The molecule has 0 aliphatic carbocycles. The normalized spacial score (nSPS) is 18.6. The minimum Gasteiger partial charge on any atom is -0.350 e. The van der Waals surface area contributed by atoms with Gasteiger partial charge in [0.1, 0.15) is 17.0 Å². The highest BCUT2D eigenvalue weighted by atomic mass is 32.1. The standard InChI is InChI=1S/C19H22FN7O2S/c1-11-7-15(25-24-11)8-21-17(28)16-12(2)23-18(30-16)26-10-22-27(19(26)29)9-13-3-5-14(20)6-4-13/h3-6,10-11,15,24-25H,7-9H2,1-2H3,(H,21,28). The number of hydrogen-bond donors (Lipinski definition) is 3. The summed E-state index contributed by atoms with van der Waals surface area (Å²) in [6.07, 6.45) is 2.30. The van der Waals surface area contributed by atoms with Crippen molar-refractivity contribution in [1.29, 1.82) is 0 Å². The van der Waals surface area contributed by atoms with Gasteiger partial charge in [0, 0.05) is 18.6 Å². The second-order valence-corrected chi connectivity index (χ2v) is 8.29. The van der Waals surface area contributed by atoms with Crippen molar-refractivity contribution in [2.45, 2.75) is 38.9 Å². The predicted octanol–water partition coefficient (Wildman–Crippen LogP) is 0.971. The van der Waals surface area contributed by atoms with E-state index in [1.807, 2.05) is 0 Å². The van der Waals surface area contributed by atoms with Crippen molar-refractivity contribution in [3.63, 3.8) is 0 Å². The van der Waals surface area contributed by atoms with Crippen molar-refractivity contribution in [2.75, 3.05) is 6.54 Å². The van der Waals surface area contributed by atoms with E-state index in [0.29, 0.717) is 28.3 Å². The number of nitrogens with one attached hydrogen (secondary N) is 3. The minimum absolute atomic E-state index is 0.170. The second kappa shape index (κ2) is 8.46. The molecule has 0 spiro atoms. The van der Waals surface area contributed by atoms with Crippen molar-refractivity contribution >= 4 is 17.2 Å². The van der Waals surface area contributed by atoms with Gasteiger partial charge in [0.25, 0.3) is 5.91 Å². The van der Waals surface area contributed by atoms with Crippen LogP contribution in [-0.4, -0.2) is 43.9 Å². The average Bonchev–Trinajstić information content (AvgIpc) is 3.41. The Kier molecular flexibility index (Phi) is 5.75. The first-order chi connectivity index (χ1) is 14.4. The number of aryl methyl sites for hydroxylation is 1. The summed E-state index contributed by atoms with van der Waals surface area (Å²) in [7, 11) is 0. The van der Waals surface area contributed by atoms with E-state index in [9.17, 15) is 14.0 Å². The van der Waals surface area contributed by atoms with Gasteiger partial charge in [-0.25, -0.2) is 23.4 Å². The van der Waals surface area contributed by atoms with Crippen LogP contribution in [0.1, 0.15) is 34.3 Å². The summed E-state index contributed by atoms with van der Waals surface area (Å²) >= 11 is 1.14. The van der Waals surface area contributed by atoms with E-state index in [4.69, 9.17) is 0 Å². The molecule has 158 valence electrons. The van der Waals surface area contributed by atoms with Gasteiger partial charge in [-0.1, -0.05) is 23.5 Å². The molecule has 2 unspecified atom stereocenters. The first-order valence-corrected chi connectivity index (χ1v) is 10.4. The topological polar surface area (TPSA) is 106 Å². The summed E-state index contributed by atoms with van der Waals surface area (Å²) < 4.78 is 15.6. The van der Waals surface area contributed by atoms with Gasteiger partial charge in [0.2, 0.25) is 0 Å². The zero-order valence-corrected chi connectivity index (χ0v) is 17.4. The van der Waals surface area contributed by atoms with Crippen LogP contribution in [0.25, 0.3) is 5.13 Å². The number of hydrazine groups is 1. The van der Waals surface area contributed by atoms with Crippen LogP contribution < -0.4 is 21.9 Å². The van der Waals surface area contributed by atoms with Gasteiger partial charge in [-0.2, -0.15) is 5.10 Å². The molecule has 1 aliphatic rings. The fraction of sp³-hybridized carbons (Fsp3) is 0.368. The lowest BCUT2D eigenvalue weighted by molar-refractivity contribution is 0.0953. The zero-order chi connectivity index (χ0) is 21.3. The van der Waals surface area contributed by atoms with Crippen molar-refractivity contribution in [2.24, 2.45) is 0 Å². The summed E-state index contributed by atoms with van der Waals surface area (Å²) in [5, 5.41) is 7.40. The molecular formula is C19H22FN7O2S. The Morgan fingerprint density at radius 1 is 1.33 bits per heavy atom. The van der Waals surface area contributed by atoms with E-state index in [1.165, 1.54) is 27.7 Å². The van der Waals surface area contributed by atoms with Gasteiger partial charge in [-0.3, -0.25) is 15.6 Å². The summed E-state index contributed by atoms with van der Waals surface area (Å²) in [5.41, 5.74) is 7.19. The number of hydrogen-bond acceptors (Lipinski definition) is 7. The van der Waals surface area contributed by atoms with Crippen LogP contribution in [0.3, 0.4) is 0 Å². The number of carbonyl (C=O) groups is 1. The Morgan fingerprint density at radius 3 is 2.80 bits per heavy atom. The third-order valence-electron chi connectivity index (χ3n) is 4.86. The highest BCUT2D eigenvalue weighted by molar-refractivity contribution is 7.16. The van der Waals surface area contributed by atoms with E-state index in [0.717, 1.165) is 23.3 Å². The van der Waals surface area contributed by atoms with E-state index < -0.39 is 0 Å². The maximum absolute atomic E-state index is 13.1. The average molecular weight is 431 g/mol. The number of rotatable bonds is 6. The molecule has 3 aromatic rings. The molecule has 1 aliphatic heterocycles. The molecule has 1 fully saturated rings. The first kappa shape index (κ1) is 20.4. The number of benzene rings is 1. The molecule has 2 aromatic heterocycles. The number of halogens is 1. The van der Waals surface area contributed by atoms with E-state index in [1.54, 1.807) is 19.1 Å². The summed E-state index contributed by atoms with van der Waals surface area (Å²) in [5.74, 6) is -0.556. The quantitative estimate of drug-likeness (QED) is 0.537. The maximum Gasteiger partial charge on any atom is 0.352 e. The summed E-state index contributed by atoms with van der Waals surface area (Å²) in [6.45, 7) is 4.52. The molecule has 9 nitrogen and oxygen atoms in total. The molecule has 11 heteroatoms. The molecule has 0 saturated carbocycles. The lowest BCUT2D eigenvalue weighted by Crippen LogP contribution is -2.40. The number of carbonyl (C=O) groups excluding carboxylic acids is 1. The fourth-order valence-electron chi connectivity index (χ4n) is 3.27. The van der Waals surface area contributed by atoms with Gasteiger partial charge < -0.3 is 5.32 Å². The van der Waals surface area contributed by atoms with Crippen molar-refractivity contribution in [1.82, 2.24) is 35.5 Å². The maximum atomic E-state index is 13.1. The van der Waals surface area contributed by atoms with Gasteiger partial charge in [0.15, 0.2) is 5.13 Å². The van der Waals surface area contributed by atoms with Gasteiger partial charge in [0.05, 0.1) is 12.2 Å². The van der Waals surface area contributed by atoms with E-state index in [-0.39, 0.29) is 30.0 Å². The largest absolute Gasteiger partial charge is 0.352 e. The number of thiazole rings is 1. The molecule has 3 heterocycles. The number of aromatic nitrogens is 4. The monoisotopic (exact) mass is 431 g/mol. The molecule has 0 radical (unpaired) electrons. The highest BCUT2D eigenvalue weighted by Gasteiger charge is 2.23. The van der Waals surface area contributed by atoms with Crippen LogP contribution in [0.5, 0.6) is 0 Å². The third kappa shape index (κ3) is 4.32. The van der Waals surface area contributed by atoms with Crippen LogP contribution in [0.2, 0.25) is 0 Å². The summed E-state index contributed by atoms with van der Waals surface area (Å²) in [4.78, 5) is 30.1. The van der Waals surface area contributed by atoms with Crippen molar-refractivity contribution in [3.05, 3.63) is 63.0 Å².